The van der Waals surface area contributed by atoms with E-state index in [9.17, 15) is 4.79 Å². The number of anilines is 1. The van der Waals surface area contributed by atoms with Crippen molar-refractivity contribution < 1.29 is 0 Å². The van der Waals surface area contributed by atoms with E-state index in [1.807, 2.05) is 13.2 Å². The number of rotatable bonds is 2. The molecule has 3 heterocycles. The third-order valence-corrected chi connectivity index (χ3v) is 4.06. The molecule has 20 heavy (non-hydrogen) atoms. The lowest BCUT2D eigenvalue weighted by Gasteiger charge is -2.30. The summed E-state index contributed by atoms with van der Waals surface area (Å²) in [4.78, 5) is 18.7. The molecule has 3 rings (SSSR count). The minimum Gasteiger partial charge on any atom is -0.365 e. The van der Waals surface area contributed by atoms with E-state index in [2.05, 4.69) is 28.8 Å². The van der Waals surface area contributed by atoms with Crippen LogP contribution in [0.25, 0.3) is 5.69 Å². The first-order valence-corrected chi connectivity index (χ1v) is 6.89. The van der Waals surface area contributed by atoms with Crippen molar-refractivity contribution in [2.24, 2.45) is 7.05 Å². The molecule has 0 aliphatic carbocycles. The number of hydrogen-bond donors (Lipinski definition) is 0. The quantitative estimate of drug-likeness (QED) is 0.830. The number of fused-ring (bicyclic) bond motifs is 3. The third-order valence-electron chi connectivity index (χ3n) is 4.06. The maximum absolute atomic E-state index is 12.3. The fourth-order valence-corrected chi connectivity index (χ4v) is 2.77. The third kappa shape index (κ3) is 1.67. The largest absolute Gasteiger partial charge is 0.365 e. The summed E-state index contributed by atoms with van der Waals surface area (Å²) in [6, 6.07) is 0. The average Bonchev–Trinajstić information content (AvgIpc) is 2.72. The second-order valence-corrected chi connectivity index (χ2v) is 5.42. The summed E-state index contributed by atoms with van der Waals surface area (Å²) in [5.41, 5.74) is 3.01. The van der Waals surface area contributed by atoms with Crippen LogP contribution in [0.5, 0.6) is 0 Å². The second-order valence-electron chi connectivity index (χ2n) is 5.42. The molecule has 6 heteroatoms. The normalized spacial score (nSPS) is 14.9. The summed E-state index contributed by atoms with van der Waals surface area (Å²) in [5.74, 6) is 1.17. The van der Waals surface area contributed by atoms with Gasteiger partial charge >= 0.3 is 5.69 Å². The Kier molecular flexibility index (Phi) is 2.88. The second kappa shape index (κ2) is 4.47. The molecule has 0 saturated heterocycles. The summed E-state index contributed by atoms with van der Waals surface area (Å²) in [7, 11) is 3.71. The lowest BCUT2D eigenvalue weighted by Crippen LogP contribution is -2.31. The van der Waals surface area contributed by atoms with Crippen molar-refractivity contribution >= 4 is 5.69 Å². The van der Waals surface area contributed by atoms with Gasteiger partial charge in [-0.05, 0) is 17.9 Å². The molecular weight excluding hydrogens is 254 g/mol. The Morgan fingerprint density at radius 1 is 1.35 bits per heavy atom. The Morgan fingerprint density at radius 3 is 2.80 bits per heavy atom. The van der Waals surface area contributed by atoms with Gasteiger partial charge in [0.2, 0.25) is 0 Å². The summed E-state index contributed by atoms with van der Waals surface area (Å²) in [6.07, 6.45) is 4.71. The SMILES string of the molecule is CCC(C)c1cncc2c1N(C)Cc1nn(C)c(=O)n1-2. The van der Waals surface area contributed by atoms with Crippen LogP contribution in [0.4, 0.5) is 5.69 Å². The van der Waals surface area contributed by atoms with Crippen molar-refractivity contribution in [1.29, 1.82) is 0 Å². The molecule has 0 spiro atoms. The maximum Gasteiger partial charge on any atom is 0.350 e. The van der Waals surface area contributed by atoms with E-state index in [-0.39, 0.29) is 5.69 Å². The van der Waals surface area contributed by atoms with E-state index in [4.69, 9.17) is 0 Å². The lowest BCUT2D eigenvalue weighted by atomic mass is 9.97. The maximum atomic E-state index is 12.3. The van der Waals surface area contributed by atoms with Gasteiger partial charge in [-0.3, -0.25) is 4.98 Å². The van der Waals surface area contributed by atoms with Crippen LogP contribution < -0.4 is 10.6 Å². The first-order valence-electron chi connectivity index (χ1n) is 6.89. The van der Waals surface area contributed by atoms with Crippen molar-refractivity contribution in [3.8, 4) is 5.69 Å². The number of pyridine rings is 1. The van der Waals surface area contributed by atoms with Crippen LogP contribution in [0, 0.1) is 0 Å². The van der Waals surface area contributed by atoms with Gasteiger partial charge in [-0.15, -0.1) is 0 Å². The molecule has 0 amide bonds. The number of hydrogen-bond acceptors (Lipinski definition) is 4. The van der Waals surface area contributed by atoms with Gasteiger partial charge < -0.3 is 4.90 Å². The van der Waals surface area contributed by atoms with Gasteiger partial charge in [0, 0.05) is 20.3 Å². The van der Waals surface area contributed by atoms with Gasteiger partial charge in [0.05, 0.1) is 24.1 Å². The van der Waals surface area contributed by atoms with Crippen LogP contribution in [0.2, 0.25) is 0 Å². The van der Waals surface area contributed by atoms with Crippen molar-refractivity contribution in [2.45, 2.75) is 32.7 Å². The zero-order valence-corrected chi connectivity index (χ0v) is 12.3. The molecule has 1 unspecified atom stereocenters. The molecule has 6 nitrogen and oxygen atoms in total. The molecule has 106 valence electrons. The lowest BCUT2D eigenvalue weighted by molar-refractivity contribution is 0.698. The van der Waals surface area contributed by atoms with Gasteiger partial charge in [-0.2, -0.15) is 5.10 Å². The predicted molar refractivity (Wildman–Crippen MR) is 77.4 cm³/mol. The molecule has 0 aromatic carbocycles. The minimum atomic E-state index is -0.113. The molecule has 2 aromatic rings. The highest BCUT2D eigenvalue weighted by atomic mass is 16.2. The monoisotopic (exact) mass is 273 g/mol. The molecule has 1 aliphatic heterocycles. The van der Waals surface area contributed by atoms with Crippen LogP contribution in [0.3, 0.4) is 0 Å². The van der Waals surface area contributed by atoms with Crippen LogP contribution in [-0.4, -0.2) is 26.4 Å². The summed E-state index contributed by atoms with van der Waals surface area (Å²) in [5, 5.41) is 4.29. The van der Waals surface area contributed by atoms with E-state index < -0.39 is 0 Å². The predicted octanol–water partition coefficient (Wildman–Crippen LogP) is 1.43. The molecule has 0 fully saturated rings. The molecular formula is C14H19N5O. The smallest absolute Gasteiger partial charge is 0.350 e. The fraction of sp³-hybridized carbons (Fsp3) is 0.500. The van der Waals surface area contributed by atoms with Crippen LogP contribution >= 0.6 is 0 Å². The molecule has 0 bridgehead atoms. The fourth-order valence-electron chi connectivity index (χ4n) is 2.77. The average molecular weight is 273 g/mol. The highest BCUT2D eigenvalue weighted by Gasteiger charge is 2.27. The van der Waals surface area contributed by atoms with Crippen LogP contribution in [-0.2, 0) is 13.6 Å². The Labute approximate surface area is 117 Å². The van der Waals surface area contributed by atoms with Crippen LogP contribution in [0.15, 0.2) is 17.2 Å². The first kappa shape index (κ1) is 12.9. The van der Waals surface area contributed by atoms with E-state index in [0.717, 1.165) is 23.6 Å². The van der Waals surface area contributed by atoms with Gasteiger partial charge in [0.15, 0.2) is 5.82 Å². The minimum absolute atomic E-state index is 0.113. The zero-order chi connectivity index (χ0) is 14.4. The summed E-state index contributed by atoms with van der Waals surface area (Å²) >= 11 is 0. The van der Waals surface area contributed by atoms with E-state index in [0.29, 0.717) is 12.5 Å². The Balaban J connectivity index is 2.31. The van der Waals surface area contributed by atoms with Crippen molar-refractivity contribution in [1.82, 2.24) is 19.3 Å². The molecule has 0 saturated carbocycles. The van der Waals surface area contributed by atoms with Crippen LogP contribution in [0.1, 0.15) is 37.6 Å². The van der Waals surface area contributed by atoms with Crippen molar-refractivity contribution in [2.75, 3.05) is 11.9 Å². The number of aryl methyl sites for hydroxylation is 1. The van der Waals surface area contributed by atoms with Gasteiger partial charge in [-0.25, -0.2) is 14.0 Å². The van der Waals surface area contributed by atoms with Crippen molar-refractivity contribution in [3.63, 3.8) is 0 Å². The van der Waals surface area contributed by atoms with Gasteiger partial charge in [0.1, 0.15) is 0 Å². The first-order chi connectivity index (χ1) is 9.54. The Bertz CT molecular complexity index is 715. The number of nitrogens with zero attached hydrogens (tertiary/aromatic N) is 5. The topological polar surface area (TPSA) is 56.0 Å². The van der Waals surface area contributed by atoms with Crippen molar-refractivity contribution in [3.05, 3.63) is 34.3 Å². The Hall–Kier alpha value is -2.11. The van der Waals surface area contributed by atoms with E-state index >= 15 is 0 Å². The Morgan fingerprint density at radius 2 is 2.10 bits per heavy atom. The van der Waals surface area contributed by atoms with Gasteiger partial charge in [0.25, 0.3) is 0 Å². The zero-order valence-electron chi connectivity index (χ0n) is 12.3. The standard InChI is InChI=1S/C14H19N5O/c1-5-9(2)10-6-15-7-11-13(10)17(3)8-12-16-18(4)14(20)19(11)12/h6-7,9H,5,8H2,1-4H3. The van der Waals surface area contributed by atoms with E-state index in [1.165, 1.54) is 10.2 Å². The van der Waals surface area contributed by atoms with E-state index in [1.54, 1.807) is 17.8 Å². The molecule has 0 N–H and O–H groups in total. The molecule has 2 aromatic heterocycles. The molecule has 1 aliphatic rings. The highest BCUT2D eigenvalue weighted by Crippen LogP contribution is 2.36. The summed E-state index contributed by atoms with van der Waals surface area (Å²) < 4.78 is 3.06. The van der Waals surface area contributed by atoms with Gasteiger partial charge in [-0.1, -0.05) is 13.8 Å². The summed E-state index contributed by atoms with van der Waals surface area (Å²) in [6.45, 7) is 4.98. The number of aromatic nitrogens is 4. The molecule has 0 radical (unpaired) electrons. The molecule has 1 atom stereocenters. The highest BCUT2D eigenvalue weighted by molar-refractivity contribution is 5.68.